The molecule has 2 aromatic carbocycles. The van der Waals surface area contributed by atoms with E-state index in [9.17, 15) is 13.2 Å². The third-order valence-corrected chi connectivity index (χ3v) is 8.97. The van der Waals surface area contributed by atoms with Crippen molar-refractivity contribution in [2.75, 3.05) is 19.9 Å². The van der Waals surface area contributed by atoms with Crippen molar-refractivity contribution in [1.82, 2.24) is 15.1 Å². The van der Waals surface area contributed by atoms with E-state index in [4.69, 9.17) is 21.4 Å². The minimum Gasteiger partial charge on any atom is -0.377 e. The average Bonchev–Trinajstić information content (AvgIpc) is 3.59. The summed E-state index contributed by atoms with van der Waals surface area (Å²) in [6.45, 7) is 2.87. The van der Waals surface area contributed by atoms with Gasteiger partial charge < -0.3 is 10.1 Å². The highest BCUT2D eigenvalue weighted by Gasteiger charge is 2.36. The molecule has 2 heterocycles. The van der Waals surface area contributed by atoms with Gasteiger partial charge in [0.1, 0.15) is 5.69 Å². The third-order valence-electron chi connectivity index (χ3n) is 7.19. The van der Waals surface area contributed by atoms with E-state index in [1.54, 1.807) is 23.9 Å². The van der Waals surface area contributed by atoms with Gasteiger partial charge in [-0.3, -0.25) is 4.79 Å². The van der Waals surface area contributed by atoms with Gasteiger partial charge in [0.25, 0.3) is 5.91 Å². The summed E-state index contributed by atoms with van der Waals surface area (Å²) in [5.74, 6) is 0.493. The van der Waals surface area contributed by atoms with Crippen molar-refractivity contribution in [3.63, 3.8) is 0 Å². The number of rotatable bonds is 8. The van der Waals surface area contributed by atoms with Crippen LogP contribution in [0.2, 0.25) is 5.02 Å². The highest BCUT2D eigenvalue weighted by Crippen LogP contribution is 2.47. The molecule has 35 heavy (non-hydrogen) atoms. The Balaban J connectivity index is 1.66. The van der Waals surface area contributed by atoms with Gasteiger partial charge in [0.2, 0.25) is 0 Å². The van der Waals surface area contributed by atoms with Crippen LogP contribution in [0.25, 0.3) is 16.6 Å². The highest BCUT2D eigenvalue weighted by molar-refractivity contribution is 7.90. The molecular weight excluding hydrogens is 486 g/mol. The van der Waals surface area contributed by atoms with Crippen LogP contribution in [0.3, 0.4) is 0 Å². The smallest absolute Gasteiger partial charge is 0.270 e. The molecule has 1 saturated carbocycles. The Labute approximate surface area is 210 Å². The van der Waals surface area contributed by atoms with Crippen molar-refractivity contribution in [2.45, 2.75) is 49.9 Å². The molecule has 5 rings (SSSR count). The molecule has 3 unspecified atom stereocenters. The molecule has 1 aliphatic carbocycles. The van der Waals surface area contributed by atoms with Crippen molar-refractivity contribution < 1.29 is 17.9 Å². The molecule has 186 valence electrons. The first-order valence-electron chi connectivity index (χ1n) is 12.0. The number of carbonyl (C=O) groups excluding carboxylic acids is 1. The van der Waals surface area contributed by atoms with Gasteiger partial charge in [-0.1, -0.05) is 18.5 Å². The molecule has 1 N–H and O–H groups in total. The Morgan fingerprint density at radius 3 is 2.51 bits per heavy atom. The van der Waals surface area contributed by atoms with Crippen molar-refractivity contribution in [1.29, 1.82) is 0 Å². The van der Waals surface area contributed by atoms with Crippen LogP contribution >= 0.6 is 11.6 Å². The van der Waals surface area contributed by atoms with E-state index in [0.717, 1.165) is 30.6 Å². The van der Waals surface area contributed by atoms with Crippen molar-refractivity contribution in [3.05, 3.63) is 58.2 Å². The Morgan fingerprint density at radius 1 is 1.26 bits per heavy atom. The molecule has 2 fully saturated rings. The third kappa shape index (κ3) is 4.71. The lowest BCUT2D eigenvalue weighted by molar-refractivity contribution is -0.110. The SMILES string of the molecule is CNC(=O)c1c2cc(C3CC3)c(C(CCC3OCC3C)S(C)(=O)=O)cc2nn1-c1ccc(Cl)cc1. The Hall–Kier alpha value is -2.42. The molecule has 2 aliphatic rings. The lowest BCUT2D eigenvalue weighted by Crippen LogP contribution is -2.37. The number of benzene rings is 2. The molecule has 1 aliphatic heterocycles. The minimum absolute atomic E-state index is 0.108. The average molecular weight is 516 g/mol. The maximum Gasteiger partial charge on any atom is 0.270 e. The molecule has 3 aromatic rings. The van der Waals surface area contributed by atoms with E-state index in [-0.39, 0.29) is 12.0 Å². The van der Waals surface area contributed by atoms with Gasteiger partial charge in [-0.2, -0.15) is 5.10 Å². The highest BCUT2D eigenvalue weighted by atomic mass is 35.5. The maximum absolute atomic E-state index is 13.0. The number of ether oxygens (including phenoxy) is 1. The van der Waals surface area contributed by atoms with E-state index in [2.05, 4.69) is 12.2 Å². The summed E-state index contributed by atoms with van der Waals surface area (Å²) < 4.78 is 33.3. The largest absolute Gasteiger partial charge is 0.377 e. The van der Waals surface area contributed by atoms with Crippen LogP contribution in [0.1, 0.15) is 65.4 Å². The molecule has 0 spiro atoms. The fourth-order valence-electron chi connectivity index (χ4n) is 5.01. The summed E-state index contributed by atoms with van der Waals surface area (Å²) in [6, 6.07) is 11.0. The fraction of sp³-hybridized carbons (Fsp3) is 0.462. The topological polar surface area (TPSA) is 90.3 Å². The number of amides is 1. The molecule has 0 bridgehead atoms. The van der Waals surface area contributed by atoms with E-state index >= 15 is 0 Å². The Kier molecular flexibility index (Phi) is 6.40. The van der Waals surface area contributed by atoms with Gasteiger partial charge in [-0.15, -0.1) is 0 Å². The van der Waals surface area contributed by atoms with Gasteiger partial charge in [-0.25, -0.2) is 13.1 Å². The monoisotopic (exact) mass is 515 g/mol. The van der Waals surface area contributed by atoms with Gasteiger partial charge in [0, 0.05) is 29.6 Å². The molecular formula is C26H30ClN3O4S. The van der Waals surface area contributed by atoms with Crippen LogP contribution in [-0.2, 0) is 14.6 Å². The number of nitrogens with zero attached hydrogens (tertiary/aromatic N) is 2. The van der Waals surface area contributed by atoms with Crippen molar-refractivity contribution >= 4 is 38.2 Å². The number of carbonyl (C=O) groups is 1. The second kappa shape index (κ2) is 9.22. The zero-order valence-electron chi connectivity index (χ0n) is 20.1. The summed E-state index contributed by atoms with van der Waals surface area (Å²) in [5, 5.41) is 8.15. The van der Waals surface area contributed by atoms with E-state index in [1.807, 2.05) is 24.3 Å². The van der Waals surface area contributed by atoms with Crippen molar-refractivity contribution in [3.8, 4) is 5.69 Å². The van der Waals surface area contributed by atoms with Gasteiger partial charge >= 0.3 is 0 Å². The number of nitrogens with one attached hydrogen (secondary N) is 1. The first-order chi connectivity index (χ1) is 16.7. The lowest BCUT2D eigenvalue weighted by Gasteiger charge is -2.35. The van der Waals surface area contributed by atoms with Gasteiger partial charge in [0.05, 0.1) is 29.2 Å². The number of hydrogen-bond donors (Lipinski definition) is 1. The normalized spacial score (nSPS) is 21.0. The summed E-state index contributed by atoms with van der Waals surface area (Å²) in [7, 11) is -1.79. The van der Waals surface area contributed by atoms with Crippen LogP contribution in [0, 0.1) is 5.92 Å². The fourth-order valence-corrected chi connectivity index (χ4v) is 6.36. The first kappa shape index (κ1) is 24.3. The lowest BCUT2D eigenvalue weighted by atomic mass is 9.91. The van der Waals surface area contributed by atoms with Crippen LogP contribution in [-0.4, -0.2) is 50.1 Å². The Morgan fingerprint density at radius 2 is 1.97 bits per heavy atom. The van der Waals surface area contributed by atoms with E-state index in [0.29, 0.717) is 52.0 Å². The van der Waals surface area contributed by atoms with Crippen LogP contribution in [0.4, 0.5) is 0 Å². The minimum atomic E-state index is -3.38. The predicted molar refractivity (Wildman–Crippen MR) is 137 cm³/mol. The molecule has 9 heteroatoms. The zero-order chi connectivity index (χ0) is 24.9. The summed E-state index contributed by atoms with van der Waals surface area (Å²) >= 11 is 6.07. The predicted octanol–water partition coefficient (Wildman–Crippen LogP) is 4.82. The Bertz CT molecular complexity index is 1380. The quantitative estimate of drug-likeness (QED) is 0.464. The molecule has 7 nitrogen and oxygen atoms in total. The zero-order valence-corrected chi connectivity index (χ0v) is 21.7. The molecule has 3 atom stereocenters. The number of halogens is 1. The van der Waals surface area contributed by atoms with E-state index < -0.39 is 15.1 Å². The second-order valence-electron chi connectivity index (χ2n) is 9.83. The number of aromatic nitrogens is 2. The van der Waals surface area contributed by atoms with E-state index in [1.165, 1.54) is 6.26 Å². The second-order valence-corrected chi connectivity index (χ2v) is 12.5. The number of hydrogen-bond acceptors (Lipinski definition) is 5. The molecule has 1 saturated heterocycles. The van der Waals surface area contributed by atoms with Crippen LogP contribution in [0.5, 0.6) is 0 Å². The molecule has 1 aromatic heterocycles. The maximum atomic E-state index is 13.0. The van der Waals surface area contributed by atoms with Gasteiger partial charge in [-0.05, 0) is 79.1 Å². The molecule has 0 radical (unpaired) electrons. The number of fused-ring (bicyclic) bond motifs is 1. The van der Waals surface area contributed by atoms with Crippen molar-refractivity contribution in [2.24, 2.45) is 5.92 Å². The molecule has 1 amide bonds. The number of sulfone groups is 1. The summed E-state index contributed by atoms with van der Waals surface area (Å²) in [5.41, 5.74) is 3.54. The van der Waals surface area contributed by atoms with Crippen LogP contribution < -0.4 is 5.32 Å². The van der Waals surface area contributed by atoms with Crippen LogP contribution in [0.15, 0.2) is 36.4 Å². The first-order valence-corrected chi connectivity index (χ1v) is 14.4. The van der Waals surface area contributed by atoms with Gasteiger partial charge in [0.15, 0.2) is 9.84 Å². The summed E-state index contributed by atoms with van der Waals surface area (Å²) in [6.07, 6.45) is 4.64. The summed E-state index contributed by atoms with van der Waals surface area (Å²) in [4.78, 5) is 13.0. The standard InChI is InChI=1S/C26H30ClN3O4S/c1-15-14-34-23(15)10-11-24(35(3,32)33)20-13-22-21(12-19(20)16-4-5-16)25(26(31)28-2)30(29-22)18-8-6-17(27)7-9-18/h6-9,12-13,15-16,23-24H,4-5,10-11,14H2,1-3H3,(H,28,31).